The molecule has 0 aliphatic heterocycles. The molecule has 0 radical (unpaired) electrons. The van der Waals surface area contributed by atoms with E-state index in [-0.39, 0.29) is 18.4 Å². The maximum atomic E-state index is 13.3. The number of benzene rings is 1. The molecule has 2 rings (SSSR count). The molecule has 2 atom stereocenters. The molecule has 0 bridgehead atoms. The number of amides is 1. The molecule has 0 saturated heterocycles. The molecule has 120 valence electrons. The molecule has 2 unspecified atom stereocenters. The van der Waals surface area contributed by atoms with Crippen LogP contribution in [-0.4, -0.2) is 24.1 Å². The Bertz CT molecular complexity index is 561. The second-order valence-corrected chi connectivity index (χ2v) is 5.57. The van der Waals surface area contributed by atoms with E-state index in [1.54, 1.807) is 0 Å². The molecule has 0 spiro atoms. The average Bonchev–Trinajstić information content (AvgIpc) is 2.52. The van der Waals surface area contributed by atoms with Gasteiger partial charge in [-0.2, -0.15) is 0 Å². The third-order valence-corrected chi connectivity index (χ3v) is 4.09. The molecule has 0 heterocycles. The Morgan fingerprint density at radius 2 is 2.09 bits per heavy atom. The number of aliphatic carboxylic acids is 1. The fourth-order valence-corrected chi connectivity index (χ4v) is 2.86. The number of rotatable bonds is 5. The number of carbonyl (C=O) groups is 2. The summed E-state index contributed by atoms with van der Waals surface area (Å²) in [6.07, 6.45) is 2.41. The number of carboxylic acids is 1. The minimum absolute atomic E-state index is 0.161. The number of hydrogen-bond acceptors (Lipinski definition) is 3. The predicted octanol–water partition coefficient (Wildman–Crippen LogP) is 2.34. The topological polar surface area (TPSA) is 75.6 Å². The Kier molecular flexibility index (Phi) is 5.35. The quantitative estimate of drug-likeness (QED) is 0.875. The molecular weight excluding hydrogens is 289 g/mol. The summed E-state index contributed by atoms with van der Waals surface area (Å²) in [6, 6.07) is 4.13. The number of nitrogens with one attached hydrogen (secondary N) is 1. The SMILES string of the molecule is COc1ccc(F)cc1CNC(=O)C1CCCC(C(=O)O)C1. The van der Waals surface area contributed by atoms with Crippen molar-refractivity contribution in [3.05, 3.63) is 29.6 Å². The van der Waals surface area contributed by atoms with Crippen LogP contribution in [-0.2, 0) is 16.1 Å². The van der Waals surface area contributed by atoms with Gasteiger partial charge in [-0.3, -0.25) is 9.59 Å². The van der Waals surface area contributed by atoms with Crippen molar-refractivity contribution < 1.29 is 23.8 Å². The third kappa shape index (κ3) is 3.96. The van der Waals surface area contributed by atoms with Gasteiger partial charge < -0.3 is 15.2 Å². The minimum atomic E-state index is -0.843. The smallest absolute Gasteiger partial charge is 0.306 e. The maximum Gasteiger partial charge on any atom is 0.306 e. The van der Waals surface area contributed by atoms with Crippen LogP contribution in [0, 0.1) is 17.7 Å². The summed E-state index contributed by atoms with van der Waals surface area (Å²) >= 11 is 0. The number of halogens is 1. The van der Waals surface area contributed by atoms with Crippen LogP contribution in [0.3, 0.4) is 0 Å². The highest BCUT2D eigenvalue weighted by atomic mass is 19.1. The van der Waals surface area contributed by atoms with E-state index >= 15 is 0 Å². The van der Waals surface area contributed by atoms with Crippen LogP contribution < -0.4 is 10.1 Å². The molecule has 1 aliphatic rings. The molecule has 1 aliphatic carbocycles. The fourth-order valence-electron chi connectivity index (χ4n) is 2.86. The monoisotopic (exact) mass is 309 g/mol. The molecule has 1 fully saturated rings. The summed E-state index contributed by atoms with van der Waals surface area (Å²) < 4.78 is 18.4. The lowest BCUT2D eigenvalue weighted by atomic mass is 9.81. The molecule has 6 heteroatoms. The van der Waals surface area contributed by atoms with Gasteiger partial charge in [-0.1, -0.05) is 6.42 Å². The van der Waals surface area contributed by atoms with Crippen LogP contribution in [0.2, 0.25) is 0 Å². The van der Waals surface area contributed by atoms with Crippen molar-refractivity contribution in [1.29, 1.82) is 0 Å². The lowest BCUT2D eigenvalue weighted by Gasteiger charge is -2.25. The zero-order chi connectivity index (χ0) is 16.1. The molecule has 5 nitrogen and oxygen atoms in total. The third-order valence-electron chi connectivity index (χ3n) is 4.09. The highest BCUT2D eigenvalue weighted by molar-refractivity contribution is 5.80. The fraction of sp³-hybridized carbons (Fsp3) is 0.500. The number of ether oxygens (including phenoxy) is 1. The van der Waals surface area contributed by atoms with Gasteiger partial charge in [0.05, 0.1) is 13.0 Å². The van der Waals surface area contributed by atoms with Gasteiger partial charge >= 0.3 is 5.97 Å². The van der Waals surface area contributed by atoms with Gasteiger partial charge in [0.15, 0.2) is 0 Å². The first kappa shape index (κ1) is 16.3. The summed E-state index contributed by atoms with van der Waals surface area (Å²) in [4.78, 5) is 23.2. The number of methoxy groups -OCH3 is 1. The van der Waals surface area contributed by atoms with Crippen LogP contribution >= 0.6 is 0 Å². The van der Waals surface area contributed by atoms with Crippen LogP contribution in [0.1, 0.15) is 31.2 Å². The summed E-state index contributed by atoms with van der Waals surface area (Å²) in [5, 5.41) is 11.8. The molecule has 22 heavy (non-hydrogen) atoms. The van der Waals surface area contributed by atoms with Crippen LogP contribution in [0.15, 0.2) is 18.2 Å². The first-order chi connectivity index (χ1) is 10.5. The highest BCUT2D eigenvalue weighted by Crippen LogP contribution is 2.29. The summed E-state index contributed by atoms with van der Waals surface area (Å²) in [6.45, 7) is 0.161. The second kappa shape index (κ2) is 7.24. The summed E-state index contributed by atoms with van der Waals surface area (Å²) in [7, 11) is 1.48. The van der Waals surface area contributed by atoms with E-state index in [2.05, 4.69) is 5.32 Å². The zero-order valence-corrected chi connectivity index (χ0v) is 12.5. The largest absolute Gasteiger partial charge is 0.496 e. The Morgan fingerprint density at radius 3 is 2.77 bits per heavy atom. The standard InChI is InChI=1S/C16H20FNO4/c1-22-14-6-5-13(17)8-12(14)9-18-15(19)10-3-2-4-11(7-10)16(20)21/h5-6,8,10-11H,2-4,7,9H2,1H3,(H,18,19)(H,20,21). The van der Waals surface area contributed by atoms with E-state index < -0.39 is 17.7 Å². The van der Waals surface area contributed by atoms with Gasteiger partial charge in [0.1, 0.15) is 11.6 Å². The number of carboxylic acid groups (broad SMARTS) is 1. The van der Waals surface area contributed by atoms with Gasteiger partial charge in [-0.15, -0.1) is 0 Å². The summed E-state index contributed by atoms with van der Waals surface area (Å²) in [5.74, 6) is -1.66. The lowest BCUT2D eigenvalue weighted by molar-refractivity contribution is -0.144. The second-order valence-electron chi connectivity index (χ2n) is 5.57. The van der Waals surface area contributed by atoms with Gasteiger partial charge in [0.2, 0.25) is 5.91 Å². The van der Waals surface area contributed by atoms with Crippen molar-refractivity contribution in [1.82, 2.24) is 5.32 Å². The van der Waals surface area contributed by atoms with Crippen molar-refractivity contribution >= 4 is 11.9 Å². The molecule has 1 amide bonds. The van der Waals surface area contributed by atoms with Gasteiger partial charge in [0.25, 0.3) is 0 Å². The number of hydrogen-bond donors (Lipinski definition) is 2. The minimum Gasteiger partial charge on any atom is -0.496 e. The van der Waals surface area contributed by atoms with E-state index in [0.717, 1.165) is 6.42 Å². The van der Waals surface area contributed by atoms with Gasteiger partial charge in [0, 0.05) is 18.0 Å². The van der Waals surface area contributed by atoms with E-state index in [9.17, 15) is 14.0 Å². The van der Waals surface area contributed by atoms with Crippen LogP contribution in [0.4, 0.5) is 4.39 Å². The van der Waals surface area contributed by atoms with E-state index in [0.29, 0.717) is 30.6 Å². The van der Waals surface area contributed by atoms with Gasteiger partial charge in [-0.25, -0.2) is 4.39 Å². The molecule has 0 aromatic heterocycles. The molecule has 1 aromatic rings. The molecule has 2 N–H and O–H groups in total. The first-order valence-electron chi connectivity index (χ1n) is 7.34. The van der Waals surface area contributed by atoms with Crippen molar-refractivity contribution in [2.75, 3.05) is 7.11 Å². The summed E-state index contributed by atoms with van der Waals surface area (Å²) in [5.41, 5.74) is 0.557. The molecule has 1 aromatic carbocycles. The van der Waals surface area contributed by atoms with E-state index in [4.69, 9.17) is 9.84 Å². The van der Waals surface area contributed by atoms with Crippen LogP contribution in [0.5, 0.6) is 5.75 Å². The van der Waals surface area contributed by atoms with Crippen molar-refractivity contribution in [3.63, 3.8) is 0 Å². The Labute approximate surface area is 128 Å². The highest BCUT2D eigenvalue weighted by Gasteiger charge is 2.30. The average molecular weight is 309 g/mol. The Morgan fingerprint density at radius 1 is 1.36 bits per heavy atom. The molecule has 1 saturated carbocycles. The lowest BCUT2D eigenvalue weighted by Crippen LogP contribution is -2.35. The van der Waals surface area contributed by atoms with Gasteiger partial charge in [-0.05, 0) is 37.5 Å². The zero-order valence-electron chi connectivity index (χ0n) is 12.5. The first-order valence-corrected chi connectivity index (χ1v) is 7.34. The van der Waals surface area contributed by atoms with Crippen molar-refractivity contribution in [3.8, 4) is 5.75 Å². The van der Waals surface area contributed by atoms with E-state index in [1.165, 1.54) is 25.3 Å². The van der Waals surface area contributed by atoms with E-state index in [1.807, 2.05) is 0 Å². The Balaban J connectivity index is 1.95. The van der Waals surface area contributed by atoms with Crippen molar-refractivity contribution in [2.45, 2.75) is 32.2 Å². The molecular formula is C16H20FNO4. The van der Waals surface area contributed by atoms with Crippen molar-refractivity contribution in [2.24, 2.45) is 11.8 Å². The Hall–Kier alpha value is -2.11. The maximum absolute atomic E-state index is 13.3. The van der Waals surface area contributed by atoms with Crippen LogP contribution in [0.25, 0.3) is 0 Å². The number of carbonyl (C=O) groups excluding carboxylic acids is 1. The normalized spacial score (nSPS) is 21.2. The predicted molar refractivity (Wildman–Crippen MR) is 77.9 cm³/mol.